The fourth-order valence-electron chi connectivity index (χ4n) is 2.73. The van der Waals surface area contributed by atoms with Gasteiger partial charge in [-0.25, -0.2) is 5.43 Å². The summed E-state index contributed by atoms with van der Waals surface area (Å²) >= 11 is 3.44. The Morgan fingerprint density at radius 2 is 1.66 bits per heavy atom. The van der Waals surface area contributed by atoms with Gasteiger partial charge < -0.3 is 14.2 Å². The van der Waals surface area contributed by atoms with E-state index in [9.17, 15) is 4.79 Å². The second-order valence-electron chi connectivity index (χ2n) is 6.87. The summed E-state index contributed by atoms with van der Waals surface area (Å²) in [5, 5.41) is 4.05. The molecule has 0 aromatic heterocycles. The molecule has 0 saturated heterocycles. The molecule has 1 N–H and O–H groups in total. The van der Waals surface area contributed by atoms with Gasteiger partial charge in [-0.15, -0.1) is 0 Å². The van der Waals surface area contributed by atoms with E-state index in [1.165, 1.54) is 5.56 Å². The lowest BCUT2D eigenvalue weighted by atomic mass is 10.2. The van der Waals surface area contributed by atoms with Crippen molar-refractivity contribution in [2.45, 2.75) is 6.92 Å². The number of hydrogen-bond donors (Lipinski definition) is 1. The Hall–Kier alpha value is -3.16. The van der Waals surface area contributed by atoms with Gasteiger partial charge in [0.25, 0.3) is 5.91 Å². The van der Waals surface area contributed by atoms with Gasteiger partial charge >= 0.3 is 0 Å². The summed E-state index contributed by atoms with van der Waals surface area (Å²) < 4.78 is 17.9. The minimum absolute atomic E-state index is 0.277. The van der Waals surface area contributed by atoms with E-state index >= 15 is 0 Å². The highest BCUT2D eigenvalue weighted by Gasteiger charge is 2.05. The number of carbonyl (C=O) groups is 1. The van der Waals surface area contributed by atoms with Crippen LogP contribution in [0.15, 0.2) is 82.4 Å². The molecule has 0 aliphatic heterocycles. The van der Waals surface area contributed by atoms with Crippen LogP contribution >= 0.6 is 15.9 Å². The number of nitrogens with zero attached hydrogens (tertiary/aromatic N) is 1. The average Bonchev–Trinajstić information content (AvgIpc) is 2.81. The van der Waals surface area contributed by atoms with E-state index in [0.717, 1.165) is 15.8 Å². The van der Waals surface area contributed by atoms with Crippen LogP contribution in [0.5, 0.6) is 11.5 Å². The zero-order valence-corrected chi connectivity index (χ0v) is 19.4. The summed E-state index contributed by atoms with van der Waals surface area (Å²) in [6, 6.07) is 22.4. The molecule has 166 valence electrons. The fraction of sp³-hybridized carbons (Fsp3) is 0.200. The molecule has 0 fully saturated rings. The third kappa shape index (κ3) is 7.83. The summed E-state index contributed by atoms with van der Waals surface area (Å²) in [4.78, 5) is 12.1. The molecule has 0 unspecified atom stereocenters. The first-order valence-electron chi connectivity index (χ1n) is 10.2. The number of halogens is 1. The van der Waals surface area contributed by atoms with Crippen LogP contribution in [-0.4, -0.2) is 38.5 Å². The second kappa shape index (κ2) is 12.6. The Kier molecular flexibility index (Phi) is 9.28. The standard InChI is InChI=1S/C25H25BrN2O4/c1-19-7-10-23(11-8-19)31-15-13-30-14-16-32-24-12-9-22(26)17-21(24)18-27-28-25(29)20-5-3-2-4-6-20/h2-12,17-18H,13-16H2,1H3,(H,28,29)/b27-18+. The lowest BCUT2D eigenvalue weighted by molar-refractivity contribution is 0.0764. The molecule has 32 heavy (non-hydrogen) atoms. The molecule has 0 radical (unpaired) electrons. The molecule has 3 aromatic carbocycles. The van der Waals surface area contributed by atoms with Gasteiger partial charge in [0.2, 0.25) is 0 Å². The average molecular weight is 497 g/mol. The van der Waals surface area contributed by atoms with Gasteiger partial charge in [0.1, 0.15) is 24.7 Å². The number of ether oxygens (including phenoxy) is 3. The second-order valence-corrected chi connectivity index (χ2v) is 7.79. The molecule has 3 aromatic rings. The minimum atomic E-state index is -0.277. The SMILES string of the molecule is Cc1ccc(OCCOCCOc2ccc(Br)cc2/C=N/NC(=O)c2ccccc2)cc1. The first-order chi connectivity index (χ1) is 15.6. The van der Waals surface area contributed by atoms with Gasteiger partial charge in [-0.1, -0.05) is 51.8 Å². The molecule has 0 atom stereocenters. The first kappa shape index (κ1) is 23.5. The number of carbonyl (C=O) groups excluding carboxylic acids is 1. The minimum Gasteiger partial charge on any atom is -0.491 e. The number of aryl methyl sites for hydroxylation is 1. The third-order valence-electron chi connectivity index (χ3n) is 4.38. The highest BCUT2D eigenvalue weighted by atomic mass is 79.9. The van der Waals surface area contributed by atoms with Crippen molar-refractivity contribution in [1.82, 2.24) is 5.43 Å². The van der Waals surface area contributed by atoms with E-state index in [4.69, 9.17) is 14.2 Å². The highest BCUT2D eigenvalue weighted by molar-refractivity contribution is 9.10. The molecule has 0 bridgehead atoms. The van der Waals surface area contributed by atoms with Gasteiger partial charge in [0.05, 0.1) is 19.4 Å². The molecular weight excluding hydrogens is 472 g/mol. The first-order valence-corrected chi connectivity index (χ1v) is 11.0. The number of amides is 1. The third-order valence-corrected chi connectivity index (χ3v) is 4.87. The summed E-state index contributed by atoms with van der Waals surface area (Å²) in [6.45, 7) is 3.78. The Morgan fingerprint density at radius 1 is 0.938 bits per heavy atom. The Morgan fingerprint density at radius 3 is 2.41 bits per heavy atom. The van der Waals surface area contributed by atoms with E-state index in [1.54, 1.807) is 30.5 Å². The number of hydrazone groups is 1. The lowest BCUT2D eigenvalue weighted by Gasteiger charge is -2.11. The van der Waals surface area contributed by atoms with Crippen LogP contribution < -0.4 is 14.9 Å². The summed E-state index contributed by atoms with van der Waals surface area (Å²) in [6.07, 6.45) is 1.55. The Balaban J connectivity index is 1.41. The summed E-state index contributed by atoms with van der Waals surface area (Å²) in [5.41, 5.74) is 4.99. The van der Waals surface area contributed by atoms with Gasteiger partial charge in [0.15, 0.2) is 0 Å². The van der Waals surface area contributed by atoms with Crippen LogP contribution in [0.2, 0.25) is 0 Å². The monoisotopic (exact) mass is 496 g/mol. The van der Waals surface area contributed by atoms with Crippen molar-refractivity contribution in [2.75, 3.05) is 26.4 Å². The fourth-order valence-corrected chi connectivity index (χ4v) is 3.11. The van der Waals surface area contributed by atoms with Gasteiger partial charge in [-0.2, -0.15) is 5.10 Å². The molecule has 0 spiro atoms. The van der Waals surface area contributed by atoms with Gasteiger partial charge in [-0.05, 0) is 49.4 Å². The predicted octanol–water partition coefficient (Wildman–Crippen LogP) is 5.00. The highest BCUT2D eigenvalue weighted by Crippen LogP contribution is 2.21. The molecule has 0 aliphatic rings. The van der Waals surface area contributed by atoms with Crippen molar-refractivity contribution in [3.63, 3.8) is 0 Å². The topological polar surface area (TPSA) is 69.2 Å². The van der Waals surface area contributed by atoms with Crippen molar-refractivity contribution in [1.29, 1.82) is 0 Å². The predicted molar refractivity (Wildman–Crippen MR) is 129 cm³/mol. The maximum absolute atomic E-state index is 12.1. The van der Waals surface area contributed by atoms with Crippen molar-refractivity contribution >= 4 is 28.1 Å². The van der Waals surface area contributed by atoms with E-state index in [2.05, 4.69) is 26.5 Å². The molecule has 7 heteroatoms. The number of rotatable bonds is 11. The number of benzene rings is 3. The van der Waals surface area contributed by atoms with E-state index in [1.807, 2.05) is 55.5 Å². The number of nitrogens with one attached hydrogen (secondary N) is 1. The zero-order valence-electron chi connectivity index (χ0n) is 17.8. The van der Waals surface area contributed by atoms with Crippen LogP contribution in [0.25, 0.3) is 0 Å². The lowest BCUT2D eigenvalue weighted by Crippen LogP contribution is -2.17. The Labute approximate surface area is 196 Å². The van der Waals surface area contributed by atoms with Crippen molar-refractivity contribution < 1.29 is 19.0 Å². The molecule has 6 nitrogen and oxygen atoms in total. The smallest absolute Gasteiger partial charge is 0.271 e. The molecular formula is C25H25BrN2O4. The van der Waals surface area contributed by atoms with Crippen molar-refractivity contribution in [3.05, 3.63) is 94.0 Å². The van der Waals surface area contributed by atoms with Crippen molar-refractivity contribution in [3.8, 4) is 11.5 Å². The summed E-state index contributed by atoms with van der Waals surface area (Å²) in [7, 11) is 0. The zero-order chi connectivity index (χ0) is 22.6. The molecule has 3 rings (SSSR count). The largest absolute Gasteiger partial charge is 0.491 e. The van der Waals surface area contributed by atoms with Crippen LogP contribution in [0.4, 0.5) is 0 Å². The van der Waals surface area contributed by atoms with Crippen LogP contribution in [0.1, 0.15) is 21.5 Å². The number of hydrogen-bond acceptors (Lipinski definition) is 5. The van der Waals surface area contributed by atoms with Crippen LogP contribution in [0.3, 0.4) is 0 Å². The van der Waals surface area contributed by atoms with Crippen LogP contribution in [-0.2, 0) is 4.74 Å². The van der Waals surface area contributed by atoms with E-state index in [0.29, 0.717) is 37.7 Å². The van der Waals surface area contributed by atoms with E-state index < -0.39 is 0 Å². The van der Waals surface area contributed by atoms with Crippen LogP contribution in [0, 0.1) is 6.92 Å². The maximum atomic E-state index is 12.1. The van der Waals surface area contributed by atoms with Crippen molar-refractivity contribution in [2.24, 2.45) is 5.10 Å². The normalized spacial score (nSPS) is 10.8. The summed E-state index contributed by atoms with van der Waals surface area (Å²) in [5.74, 6) is 1.19. The Bertz CT molecular complexity index is 1020. The van der Waals surface area contributed by atoms with E-state index in [-0.39, 0.29) is 5.91 Å². The van der Waals surface area contributed by atoms with Gasteiger partial charge in [0, 0.05) is 15.6 Å². The quantitative estimate of drug-likeness (QED) is 0.230. The van der Waals surface area contributed by atoms with Gasteiger partial charge in [-0.3, -0.25) is 4.79 Å². The maximum Gasteiger partial charge on any atom is 0.271 e. The molecule has 0 aliphatic carbocycles. The molecule has 0 saturated carbocycles. The molecule has 1 amide bonds. The molecule has 0 heterocycles.